The third kappa shape index (κ3) is 8.40. The molecule has 0 fully saturated rings. The Labute approximate surface area is 299 Å². The van der Waals surface area contributed by atoms with Crippen LogP contribution in [0, 0.1) is 0 Å². The molecule has 1 aliphatic rings. The quantitative estimate of drug-likeness (QED) is 0.120. The van der Waals surface area contributed by atoms with Crippen molar-refractivity contribution in [1.29, 1.82) is 0 Å². The van der Waals surface area contributed by atoms with E-state index in [1.165, 1.54) is 30.3 Å². The molecule has 0 bridgehead atoms. The molecule has 1 aliphatic carbocycles. The Morgan fingerprint density at radius 2 is 1.59 bits per heavy atom. The Bertz CT molecular complexity index is 2040. The topological polar surface area (TPSA) is 67.3 Å². The van der Waals surface area contributed by atoms with Crippen LogP contribution in [0.4, 0.5) is 37.1 Å². The van der Waals surface area contributed by atoms with Gasteiger partial charge in [-0.25, -0.2) is 19.8 Å². The minimum Gasteiger partial charge on any atom is -0.448 e. The normalized spacial score (nSPS) is 14.0. The Balaban J connectivity index is 1.23. The summed E-state index contributed by atoms with van der Waals surface area (Å²) in [4.78, 5) is 22.5. The van der Waals surface area contributed by atoms with E-state index in [-0.39, 0.29) is 43.4 Å². The number of ether oxygens (including phenoxy) is 1. The van der Waals surface area contributed by atoms with Crippen molar-refractivity contribution in [2.45, 2.75) is 37.5 Å². The van der Waals surface area contributed by atoms with E-state index in [0.717, 1.165) is 45.5 Å². The summed E-state index contributed by atoms with van der Waals surface area (Å²) in [5, 5.41) is 1.85. The van der Waals surface area contributed by atoms with Gasteiger partial charge in [-0.2, -0.15) is 26.3 Å². The first-order chi connectivity index (χ1) is 24.3. The molecule has 1 aromatic heterocycles. The van der Waals surface area contributed by atoms with Crippen molar-refractivity contribution in [3.05, 3.63) is 146 Å². The maximum absolute atomic E-state index is 13.7. The summed E-state index contributed by atoms with van der Waals surface area (Å²) < 4.78 is 85.5. The van der Waals surface area contributed by atoms with Crippen molar-refractivity contribution in [3.8, 4) is 11.3 Å². The van der Waals surface area contributed by atoms with Crippen LogP contribution in [0.3, 0.4) is 0 Å². The minimum atomic E-state index is -4.61. The summed E-state index contributed by atoms with van der Waals surface area (Å²) in [6.45, 7) is -0.474. The second-order valence-corrected chi connectivity index (χ2v) is 12.6. The Hall–Kier alpha value is -4.81. The zero-order chi connectivity index (χ0) is 36.3. The van der Waals surface area contributed by atoms with Gasteiger partial charge in [0.2, 0.25) is 5.95 Å². The molecule has 0 saturated heterocycles. The molecule has 4 aromatic carbocycles. The van der Waals surface area contributed by atoms with Crippen LogP contribution in [-0.2, 0) is 36.4 Å². The number of hydrazine groups is 1. The van der Waals surface area contributed by atoms with Crippen molar-refractivity contribution in [3.63, 3.8) is 0 Å². The Morgan fingerprint density at radius 1 is 0.863 bits per heavy atom. The summed E-state index contributed by atoms with van der Waals surface area (Å²) in [7, 11) is 0. The van der Waals surface area contributed by atoms with Gasteiger partial charge >= 0.3 is 18.4 Å². The lowest BCUT2D eigenvalue weighted by atomic mass is 9.78. The number of fused-ring (bicyclic) bond motifs is 3. The van der Waals surface area contributed by atoms with Gasteiger partial charge in [0, 0.05) is 30.6 Å². The number of anilines is 1. The maximum Gasteiger partial charge on any atom is 0.428 e. The molecule has 1 heterocycles. The van der Waals surface area contributed by atoms with Crippen LogP contribution >= 0.6 is 23.2 Å². The van der Waals surface area contributed by atoms with Gasteiger partial charge < -0.3 is 4.74 Å². The molecule has 0 radical (unpaired) electrons. The molecule has 1 N–H and O–H groups in total. The molecule has 264 valence electrons. The molecule has 0 saturated carbocycles. The largest absolute Gasteiger partial charge is 0.448 e. The second kappa shape index (κ2) is 14.8. The van der Waals surface area contributed by atoms with Gasteiger partial charge in [0.15, 0.2) is 0 Å². The number of hydrogen-bond acceptors (Lipinski definition) is 5. The molecule has 1 unspecified atom stereocenters. The van der Waals surface area contributed by atoms with Crippen molar-refractivity contribution in [1.82, 2.24) is 15.0 Å². The average Bonchev–Trinajstić information content (AvgIpc) is 3.10. The first-order valence-electron chi connectivity index (χ1n) is 15.7. The number of nitrogens with one attached hydrogen (secondary N) is 1. The highest BCUT2D eigenvalue weighted by Crippen LogP contribution is 2.43. The van der Waals surface area contributed by atoms with Gasteiger partial charge in [0.05, 0.1) is 33.5 Å². The van der Waals surface area contributed by atoms with Crippen molar-refractivity contribution in [2.75, 3.05) is 18.6 Å². The van der Waals surface area contributed by atoms with Crippen LogP contribution < -0.4 is 5.43 Å². The molecule has 0 aliphatic heterocycles. The van der Waals surface area contributed by atoms with Crippen LogP contribution in [0.25, 0.3) is 11.3 Å². The molecule has 0 spiro atoms. The Morgan fingerprint density at radius 3 is 2.31 bits per heavy atom. The first-order valence-corrected chi connectivity index (χ1v) is 16.5. The summed E-state index contributed by atoms with van der Waals surface area (Å²) in [6, 6.07) is 22.6. The molecule has 6 nitrogen and oxygen atoms in total. The number of nitrogens with zero attached hydrogens (tertiary/aromatic N) is 3. The lowest BCUT2D eigenvalue weighted by Gasteiger charge is -2.28. The summed E-state index contributed by atoms with van der Waals surface area (Å²) in [5.41, 5.74) is 5.81. The lowest BCUT2D eigenvalue weighted by Crippen LogP contribution is -2.39. The fourth-order valence-electron chi connectivity index (χ4n) is 5.97. The zero-order valence-corrected chi connectivity index (χ0v) is 28.0. The molecule has 5 aromatic rings. The number of halogens is 8. The third-order valence-electron chi connectivity index (χ3n) is 8.51. The lowest BCUT2D eigenvalue weighted by molar-refractivity contribution is -0.138. The number of alkyl halides is 6. The van der Waals surface area contributed by atoms with E-state index in [1.807, 2.05) is 36.4 Å². The van der Waals surface area contributed by atoms with E-state index >= 15 is 0 Å². The zero-order valence-electron chi connectivity index (χ0n) is 26.5. The van der Waals surface area contributed by atoms with Crippen LogP contribution in [0.1, 0.15) is 44.9 Å². The number of carbonyl (C=O) groups excluding carboxylic acids is 1. The smallest absolute Gasteiger partial charge is 0.428 e. The van der Waals surface area contributed by atoms with Gasteiger partial charge in [-0.3, -0.25) is 5.43 Å². The highest BCUT2D eigenvalue weighted by molar-refractivity contribution is 6.42. The maximum atomic E-state index is 13.7. The van der Waals surface area contributed by atoms with Gasteiger partial charge in [-0.05, 0) is 71.0 Å². The van der Waals surface area contributed by atoms with E-state index in [4.69, 9.17) is 32.9 Å². The number of hydrogen-bond donors (Lipinski definition) is 1. The predicted octanol–water partition coefficient (Wildman–Crippen LogP) is 10.4. The molecule has 1 amide bonds. The second-order valence-electron chi connectivity index (χ2n) is 11.8. The van der Waals surface area contributed by atoms with Gasteiger partial charge in [0.1, 0.15) is 0 Å². The fraction of sp³-hybridized carbons (Fsp3) is 0.216. The van der Waals surface area contributed by atoms with Gasteiger partial charge in [-0.15, -0.1) is 0 Å². The summed E-state index contributed by atoms with van der Waals surface area (Å²) in [5.74, 6) is -0.0731. The number of carbonyl (C=O) groups is 1. The van der Waals surface area contributed by atoms with E-state index < -0.39 is 29.6 Å². The summed E-state index contributed by atoms with van der Waals surface area (Å²) >= 11 is 12.5. The SMILES string of the molecule is O=C(OCCc1ccc(C(F)(F)F)cc1)N(CCc1ccccc1C(F)(F)F)Nc1ncc2c(n1)-c1ccccc1C(c1ccc(Cl)c(Cl)c1)C2. The molecule has 51 heavy (non-hydrogen) atoms. The third-order valence-corrected chi connectivity index (χ3v) is 9.25. The highest BCUT2D eigenvalue weighted by Gasteiger charge is 2.34. The van der Waals surface area contributed by atoms with Gasteiger partial charge in [0.25, 0.3) is 0 Å². The van der Waals surface area contributed by atoms with Crippen LogP contribution in [0.15, 0.2) is 97.2 Å². The molecule has 1 atom stereocenters. The molecular formula is C37H28Cl2F6N4O2. The van der Waals surface area contributed by atoms with E-state index in [9.17, 15) is 31.1 Å². The van der Waals surface area contributed by atoms with E-state index in [0.29, 0.717) is 27.7 Å². The van der Waals surface area contributed by atoms with E-state index in [1.54, 1.807) is 12.3 Å². The van der Waals surface area contributed by atoms with Crippen LogP contribution in [0.5, 0.6) is 0 Å². The monoisotopic (exact) mass is 744 g/mol. The number of amides is 1. The van der Waals surface area contributed by atoms with Crippen molar-refractivity contribution >= 4 is 35.2 Å². The standard InChI is InChI=1S/C37H28Cl2F6N4O2/c38-31-14-11-24(20-32(31)39)29-19-25-21-46-34(47-33(25)28-7-3-2-6-27(28)29)48-49(17-15-23-5-1-4-8-30(23)37(43,44)45)35(50)51-18-16-22-9-12-26(13-10-22)36(40,41)42/h1-14,20-21,29H,15-19H2,(H,46,47,48). The summed E-state index contributed by atoms with van der Waals surface area (Å²) in [6.07, 6.45) is -7.98. The van der Waals surface area contributed by atoms with Crippen LogP contribution in [-0.4, -0.2) is 34.2 Å². The average molecular weight is 746 g/mol. The fourth-order valence-corrected chi connectivity index (χ4v) is 6.28. The molecular weight excluding hydrogens is 717 g/mol. The highest BCUT2D eigenvalue weighted by atomic mass is 35.5. The van der Waals surface area contributed by atoms with Gasteiger partial charge in [-0.1, -0.05) is 83.9 Å². The predicted molar refractivity (Wildman–Crippen MR) is 181 cm³/mol. The first kappa shape index (κ1) is 36.0. The number of aromatic nitrogens is 2. The van der Waals surface area contributed by atoms with Crippen molar-refractivity contribution in [2.24, 2.45) is 0 Å². The van der Waals surface area contributed by atoms with Crippen molar-refractivity contribution < 1.29 is 35.9 Å². The molecule has 6 rings (SSSR count). The number of benzene rings is 4. The van der Waals surface area contributed by atoms with Crippen LogP contribution in [0.2, 0.25) is 10.0 Å². The Kier molecular flexibility index (Phi) is 10.5. The van der Waals surface area contributed by atoms with E-state index in [2.05, 4.69) is 10.4 Å². The minimum absolute atomic E-state index is 0.000312. The molecule has 14 heteroatoms. The number of rotatable bonds is 9.